The molecule has 0 spiro atoms. The minimum absolute atomic E-state index is 0.157. The molecule has 1 aliphatic rings. The number of halogens is 1. The zero-order chi connectivity index (χ0) is 18.9. The van der Waals surface area contributed by atoms with E-state index in [0.717, 1.165) is 0 Å². The highest BCUT2D eigenvalue weighted by Gasteiger charge is 2.31. The second-order valence-electron chi connectivity index (χ2n) is 5.57. The quantitative estimate of drug-likeness (QED) is 0.852. The fourth-order valence-electron chi connectivity index (χ4n) is 2.65. The second kappa shape index (κ2) is 7.01. The Morgan fingerprint density at radius 2 is 1.73 bits per heavy atom. The number of methoxy groups -OCH3 is 2. The first-order valence-electron chi connectivity index (χ1n) is 7.67. The van der Waals surface area contributed by atoms with Gasteiger partial charge in [0.1, 0.15) is 22.2 Å². The van der Waals surface area contributed by atoms with Crippen LogP contribution in [0.25, 0.3) is 4.91 Å². The zero-order valence-corrected chi connectivity index (χ0v) is 16.0. The van der Waals surface area contributed by atoms with Gasteiger partial charge in [0.15, 0.2) is 0 Å². The Bertz CT molecular complexity index is 1010. The smallest absolute Gasteiger partial charge is 0.285 e. The summed E-state index contributed by atoms with van der Waals surface area (Å²) in [6.07, 6.45) is 0. The molecule has 0 amide bonds. The maximum atomic E-state index is 12.5. The molecule has 136 valence electrons. The monoisotopic (exact) mass is 392 g/mol. The van der Waals surface area contributed by atoms with Gasteiger partial charge in [0.05, 0.1) is 19.9 Å². The Labute approximate surface area is 157 Å². The highest BCUT2D eigenvalue weighted by molar-refractivity contribution is 8.00. The van der Waals surface area contributed by atoms with E-state index < -0.39 is 10.0 Å². The molecule has 0 radical (unpaired) electrons. The molecule has 0 fully saturated rings. The molecule has 0 unspecified atom stereocenters. The Morgan fingerprint density at radius 1 is 1.04 bits per heavy atom. The van der Waals surface area contributed by atoms with E-state index in [4.69, 9.17) is 21.1 Å². The molecular weight excluding hydrogens is 376 g/mol. The van der Waals surface area contributed by atoms with Crippen molar-refractivity contribution in [1.29, 1.82) is 0 Å². The lowest BCUT2D eigenvalue weighted by Gasteiger charge is -2.12. The molecule has 1 heterocycles. The van der Waals surface area contributed by atoms with E-state index >= 15 is 0 Å². The maximum Gasteiger partial charge on any atom is 0.285 e. The normalized spacial score (nSPS) is 15.6. The summed E-state index contributed by atoms with van der Waals surface area (Å²) in [5.41, 5.74) is 1.64. The molecule has 2 aromatic carbocycles. The number of ether oxygens (including phenoxy) is 2. The van der Waals surface area contributed by atoms with Crippen LogP contribution in [0.2, 0.25) is 5.02 Å². The molecule has 1 aliphatic heterocycles. The Hall–Kier alpha value is -2.51. The van der Waals surface area contributed by atoms with Gasteiger partial charge in [-0.05, 0) is 36.8 Å². The fourth-order valence-corrected chi connectivity index (χ4v) is 4.21. The predicted octanol–water partition coefficient (Wildman–Crippen LogP) is 3.94. The van der Waals surface area contributed by atoms with Crippen molar-refractivity contribution in [2.24, 2.45) is 4.40 Å². The van der Waals surface area contributed by atoms with Crippen LogP contribution in [-0.2, 0) is 10.0 Å². The number of anilines is 1. The third-order valence-electron chi connectivity index (χ3n) is 3.93. The number of sulfonamides is 1. The van der Waals surface area contributed by atoms with Gasteiger partial charge in [0.2, 0.25) is 0 Å². The highest BCUT2D eigenvalue weighted by atomic mass is 35.5. The molecule has 0 aliphatic carbocycles. The third-order valence-corrected chi connectivity index (χ3v) is 5.67. The van der Waals surface area contributed by atoms with Crippen molar-refractivity contribution in [3.8, 4) is 11.5 Å². The Balaban J connectivity index is 2.00. The van der Waals surface area contributed by atoms with Crippen LogP contribution in [0.4, 0.5) is 5.69 Å². The van der Waals surface area contributed by atoms with Crippen molar-refractivity contribution in [1.82, 2.24) is 0 Å². The average molecular weight is 393 g/mol. The van der Waals surface area contributed by atoms with Gasteiger partial charge in [-0.3, -0.25) is 0 Å². The fraction of sp³-hybridized carbons (Fsp3) is 0.167. The molecule has 2 aromatic rings. The number of hydrogen-bond donors (Lipinski definition) is 1. The lowest BCUT2D eigenvalue weighted by atomic mass is 10.1. The van der Waals surface area contributed by atoms with E-state index in [1.807, 2.05) is 0 Å². The van der Waals surface area contributed by atoms with Crippen LogP contribution in [0.5, 0.6) is 11.5 Å². The minimum Gasteiger partial charge on any atom is -0.497 e. The largest absolute Gasteiger partial charge is 0.497 e. The summed E-state index contributed by atoms with van der Waals surface area (Å²) in [4.78, 5) is 0.157. The molecule has 3 rings (SSSR count). The SMILES string of the molecule is COc1ccc(NC2=NS(=O)(=O)C(c3ccc(Cl)cc3)=C2C)c(OC)c1. The first-order valence-corrected chi connectivity index (χ1v) is 9.48. The van der Waals surface area contributed by atoms with Crippen LogP contribution < -0.4 is 14.8 Å². The number of hydrogen-bond acceptors (Lipinski definition) is 5. The topological polar surface area (TPSA) is 77.0 Å². The third kappa shape index (κ3) is 3.40. The van der Waals surface area contributed by atoms with Gasteiger partial charge in [0.25, 0.3) is 10.0 Å². The van der Waals surface area contributed by atoms with Crippen LogP contribution in [-0.4, -0.2) is 28.5 Å². The lowest BCUT2D eigenvalue weighted by Crippen LogP contribution is -2.12. The maximum absolute atomic E-state index is 12.5. The molecule has 0 bridgehead atoms. The average Bonchev–Trinajstić information content (AvgIpc) is 2.84. The van der Waals surface area contributed by atoms with Gasteiger partial charge in [-0.2, -0.15) is 8.42 Å². The molecule has 0 saturated heterocycles. The standard InChI is InChI=1S/C18H17ClN2O4S/c1-11-17(12-4-6-13(19)7-5-12)26(22,23)21-18(11)20-15-9-8-14(24-2)10-16(15)25-3/h4-10H,1-3H3,(H,20,21). The van der Waals surface area contributed by atoms with Crippen molar-refractivity contribution < 1.29 is 17.9 Å². The molecule has 0 saturated carbocycles. The Kier molecular flexibility index (Phi) is 4.93. The first kappa shape index (κ1) is 18.3. The number of nitrogens with zero attached hydrogens (tertiary/aromatic N) is 1. The summed E-state index contributed by atoms with van der Waals surface area (Å²) in [7, 11) is -0.728. The van der Waals surface area contributed by atoms with E-state index in [9.17, 15) is 8.42 Å². The number of nitrogens with one attached hydrogen (secondary N) is 1. The molecule has 8 heteroatoms. The summed E-state index contributed by atoms with van der Waals surface area (Å²) in [5.74, 6) is 1.39. The van der Waals surface area contributed by atoms with Crippen LogP contribution in [0.15, 0.2) is 52.4 Å². The molecule has 0 atom stereocenters. The van der Waals surface area contributed by atoms with Crippen molar-refractivity contribution in [3.63, 3.8) is 0 Å². The molecular formula is C18H17ClN2O4S. The van der Waals surface area contributed by atoms with E-state index in [2.05, 4.69) is 9.71 Å². The summed E-state index contributed by atoms with van der Waals surface area (Å²) in [6.45, 7) is 1.70. The van der Waals surface area contributed by atoms with Crippen LogP contribution >= 0.6 is 11.6 Å². The highest BCUT2D eigenvalue weighted by Crippen LogP contribution is 2.35. The summed E-state index contributed by atoms with van der Waals surface area (Å²) in [6, 6.07) is 11.8. The molecule has 0 aromatic heterocycles. The van der Waals surface area contributed by atoms with Gasteiger partial charge < -0.3 is 14.8 Å². The van der Waals surface area contributed by atoms with E-state index in [1.54, 1.807) is 56.5 Å². The van der Waals surface area contributed by atoms with E-state index in [-0.39, 0.29) is 10.7 Å². The van der Waals surface area contributed by atoms with Crippen molar-refractivity contribution >= 4 is 38.1 Å². The van der Waals surface area contributed by atoms with E-state index in [1.165, 1.54) is 7.11 Å². The first-order chi connectivity index (χ1) is 12.4. The number of benzene rings is 2. The number of amidine groups is 1. The van der Waals surface area contributed by atoms with Gasteiger partial charge in [0, 0.05) is 16.7 Å². The van der Waals surface area contributed by atoms with Crippen LogP contribution in [0.3, 0.4) is 0 Å². The minimum atomic E-state index is -3.81. The van der Waals surface area contributed by atoms with Gasteiger partial charge >= 0.3 is 0 Å². The van der Waals surface area contributed by atoms with Crippen LogP contribution in [0, 0.1) is 0 Å². The molecule has 1 N–H and O–H groups in total. The predicted molar refractivity (Wildman–Crippen MR) is 104 cm³/mol. The van der Waals surface area contributed by atoms with Crippen LogP contribution in [0.1, 0.15) is 12.5 Å². The zero-order valence-electron chi connectivity index (χ0n) is 14.4. The van der Waals surface area contributed by atoms with Crippen molar-refractivity contribution in [2.75, 3.05) is 19.5 Å². The number of rotatable bonds is 4. The van der Waals surface area contributed by atoms with E-state index in [0.29, 0.717) is 33.3 Å². The van der Waals surface area contributed by atoms with Gasteiger partial charge in [-0.1, -0.05) is 23.7 Å². The molecule has 26 heavy (non-hydrogen) atoms. The lowest BCUT2D eigenvalue weighted by molar-refractivity contribution is 0.395. The van der Waals surface area contributed by atoms with Crippen molar-refractivity contribution in [3.05, 3.63) is 58.6 Å². The summed E-state index contributed by atoms with van der Waals surface area (Å²) >= 11 is 5.89. The summed E-state index contributed by atoms with van der Waals surface area (Å²) < 4.78 is 39.5. The summed E-state index contributed by atoms with van der Waals surface area (Å²) in [5, 5.41) is 3.57. The Morgan fingerprint density at radius 3 is 2.35 bits per heavy atom. The van der Waals surface area contributed by atoms with Gasteiger partial charge in [-0.25, -0.2) is 0 Å². The molecule has 6 nitrogen and oxygen atoms in total. The van der Waals surface area contributed by atoms with Gasteiger partial charge in [-0.15, -0.1) is 4.40 Å². The van der Waals surface area contributed by atoms with Crippen molar-refractivity contribution in [2.45, 2.75) is 6.92 Å². The second-order valence-corrected chi connectivity index (χ2v) is 7.54.